The Kier molecular flexibility index (Phi) is 5.42. The van der Waals surface area contributed by atoms with Gasteiger partial charge in [0.05, 0.1) is 0 Å². The zero-order valence-electron chi connectivity index (χ0n) is 12.9. The van der Waals surface area contributed by atoms with Crippen LogP contribution in [0.25, 0.3) is 10.8 Å². The molecule has 0 amide bonds. The first-order chi connectivity index (χ1) is 12.2. The monoisotopic (exact) mass is 492 g/mol. The minimum absolute atomic E-state index is 0.0801. The molecule has 1 aliphatic heterocycles. The van der Waals surface area contributed by atoms with Crippen LogP contribution in [0, 0.1) is 0 Å². The van der Waals surface area contributed by atoms with Crippen molar-refractivity contribution in [1.82, 2.24) is 0 Å². The van der Waals surface area contributed by atoms with E-state index in [1.54, 1.807) is 12.1 Å². The molecule has 3 rings (SSSR count). The number of hydrogen-bond donors (Lipinski definition) is 5. The zero-order chi connectivity index (χ0) is 19.2. The van der Waals surface area contributed by atoms with Gasteiger partial charge in [0.25, 0.3) is 0 Å². The van der Waals surface area contributed by atoms with Crippen LogP contribution in [-0.4, -0.2) is 62.2 Å². The molecule has 1 saturated heterocycles. The summed E-state index contributed by atoms with van der Waals surface area (Å²) in [6.07, 6.45) is -8.71. The van der Waals surface area contributed by atoms with Gasteiger partial charge in [-0.3, -0.25) is 0 Å². The van der Waals surface area contributed by atoms with Gasteiger partial charge in [0.1, 0.15) is 18.3 Å². The third kappa shape index (κ3) is 3.53. The first-order valence-electron chi connectivity index (χ1n) is 7.40. The van der Waals surface area contributed by atoms with Gasteiger partial charge >= 0.3 is 5.97 Å². The second-order valence-electron chi connectivity index (χ2n) is 5.79. The molecule has 0 aliphatic carbocycles. The maximum absolute atomic E-state index is 11.1. The fraction of sp³-hybridized carbons (Fsp3) is 0.312. The normalized spacial score (nSPS) is 28.9. The average molecular weight is 494 g/mol. The number of aliphatic carboxylic acids is 1. The van der Waals surface area contributed by atoms with E-state index in [2.05, 4.69) is 31.9 Å². The number of fused-ring (bicyclic) bond motifs is 1. The largest absolute Gasteiger partial charge is 0.504 e. The molecule has 0 unspecified atom stereocenters. The van der Waals surface area contributed by atoms with Gasteiger partial charge in [0.15, 0.2) is 17.6 Å². The SMILES string of the molecule is O=C(O)[C@H]1O[C@@H](Oc2cc3cc(Br)c(Br)cc3cc2O)[C@H](O)[C@@H](O)[C@@H]1O. The third-order valence-corrected chi connectivity index (χ3v) is 5.86. The highest BCUT2D eigenvalue weighted by molar-refractivity contribution is 9.13. The lowest BCUT2D eigenvalue weighted by atomic mass is 9.99. The summed E-state index contributed by atoms with van der Waals surface area (Å²) in [5.41, 5.74) is 0. The first kappa shape index (κ1) is 19.3. The number of halogens is 2. The van der Waals surface area contributed by atoms with E-state index in [9.17, 15) is 25.2 Å². The summed E-state index contributed by atoms with van der Waals surface area (Å²) >= 11 is 6.72. The van der Waals surface area contributed by atoms with Crippen molar-refractivity contribution < 1.29 is 39.8 Å². The smallest absolute Gasteiger partial charge is 0.335 e. The van der Waals surface area contributed by atoms with E-state index in [1.807, 2.05) is 0 Å². The van der Waals surface area contributed by atoms with Crippen molar-refractivity contribution in [3.8, 4) is 11.5 Å². The van der Waals surface area contributed by atoms with Crippen LogP contribution in [0.5, 0.6) is 11.5 Å². The molecule has 1 fully saturated rings. The predicted molar refractivity (Wildman–Crippen MR) is 96.0 cm³/mol. The highest BCUT2D eigenvalue weighted by atomic mass is 79.9. The lowest BCUT2D eigenvalue weighted by Crippen LogP contribution is -2.61. The molecule has 10 heteroatoms. The van der Waals surface area contributed by atoms with Gasteiger partial charge in [-0.25, -0.2) is 4.79 Å². The Balaban J connectivity index is 1.93. The standard InChI is InChI=1S/C16H14Br2O8/c17-7-1-5-3-9(19)10(4-6(5)2-8(7)18)25-16-13(22)11(20)12(21)14(26-16)15(23)24/h1-4,11-14,16,19-22H,(H,23,24)/t11-,12-,13+,14-,16+/m0/s1. The van der Waals surface area contributed by atoms with Crippen molar-refractivity contribution in [3.05, 3.63) is 33.2 Å². The second kappa shape index (κ2) is 7.29. The molecule has 0 aromatic heterocycles. The minimum Gasteiger partial charge on any atom is -0.504 e. The zero-order valence-corrected chi connectivity index (χ0v) is 16.1. The Labute approximate surface area is 163 Å². The Bertz CT molecular complexity index is 858. The van der Waals surface area contributed by atoms with Gasteiger partial charge in [-0.2, -0.15) is 0 Å². The lowest BCUT2D eigenvalue weighted by molar-refractivity contribution is -0.271. The molecule has 1 heterocycles. The van der Waals surface area contributed by atoms with E-state index >= 15 is 0 Å². The van der Waals surface area contributed by atoms with Gasteiger partial charge < -0.3 is 35.0 Å². The van der Waals surface area contributed by atoms with Crippen molar-refractivity contribution >= 4 is 48.6 Å². The maximum Gasteiger partial charge on any atom is 0.335 e. The molecule has 5 atom stereocenters. The molecule has 26 heavy (non-hydrogen) atoms. The van der Waals surface area contributed by atoms with Crippen LogP contribution in [0.2, 0.25) is 0 Å². The van der Waals surface area contributed by atoms with Crippen molar-refractivity contribution in [2.75, 3.05) is 0 Å². The van der Waals surface area contributed by atoms with Gasteiger partial charge in [0.2, 0.25) is 6.29 Å². The Morgan fingerprint density at radius 2 is 1.54 bits per heavy atom. The number of carbonyl (C=O) groups is 1. The van der Waals surface area contributed by atoms with Crippen molar-refractivity contribution in [3.63, 3.8) is 0 Å². The fourth-order valence-corrected chi connectivity index (χ4v) is 3.35. The van der Waals surface area contributed by atoms with E-state index in [0.717, 1.165) is 8.95 Å². The van der Waals surface area contributed by atoms with Crippen LogP contribution in [0.4, 0.5) is 0 Å². The van der Waals surface area contributed by atoms with Gasteiger partial charge in [-0.1, -0.05) is 0 Å². The number of rotatable bonds is 3. The van der Waals surface area contributed by atoms with Crippen molar-refractivity contribution in [2.24, 2.45) is 0 Å². The number of carboxylic acids is 1. The van der Waals surface area contributed by atoms with E-state index in [0.29, 0.717) is 10.8 Å². The van der Waals surface area contributed by atoms with Crippen molar-refractivity contribution in [2.45, 2.75) is 30.7 Å². The highest BCUT2D eigenvalue weighted by Crippen LogP contribution is 2.37. The van der Waals surface area contributed by atoms with Crippen LogP contribution >= 0.6 is 31.9 Å². The first-order valence-corrected chi connectivity index (χ1v) is 8.98. The molecule has 140 valence electrons. The summed E-state index contributed by atoms with van der Waals surface area (Å²) in [7, 11) is 0. The van der Waals surface area contributed by atoms with Crippen LogP contribution in [0.3, 0.4) is 0 Å². The molecule has 0 spiro atoms. The van der Waals surface area contributed by atoms with E-state index in [-0.39, 0.29) is 11.5 Å². The molecule has 0 radical (unpaired) electrons. The van der Waals surface area contributed by atoms with Crippen LogP contribution < -0.4 is 4.74 Å². The summed E-state index contributed by atoms with van der Waals surface area (Å²) in [6.45, 7) is 0. The molecular weight excluding hydrogens is 480 g/mol. The number of aliphatic hydroxyl groups is 3. The molecule has 5 N–H and O–H groups in total. The molecule has 0 bridgehead atoms. The molecule has 0 saturated carbocycles. The number of aromatic hydroxyl groups is 1. The number of phenols is 1. The summed E-state index contributed by atoms with van der Waals surface area (Å²) in [6, 6.07) is 6.44. The lowest BCUT2D eigenvalue weighted by Gasteiger charge is -2.38. The van der Waals surface area contributed by atoms with Gasteiger partial charge in [-0.05, 0) is 66.9 Å². The number of aliphatic hydroxyl groups excluding tert-OH is 3. The number of hydrogen-bond acceptors (Lipinski definition) is 7. The summed E-state index contributed by atoms with van der Waals surface area (Å²) in [5, 5.41) is 50.1. The predicted octanol–water partition coefficient (Wildman–Crippen LogP) is 1.34. The summed E-state index contributed by atoms with van der Waals surface area (Å²) in [5.74, 6) is -1.87. The van der Waals surface area contributed by atoms with Gasteiger partial charge in [0, 0.05) is 8.95 Å². The second-order valence-corrected chi connectivity index (χ2v) is 7.50. The Morgan fingerprint density at radius 3 is 2.12 bits per heavy atom. The third-order valence-electron chi connectivity index (χ3n) is 4.01. The number of benzene rings is 2. The number of ether oxygens (including phenoxy) is 2. The number of phenolic OH excluding ortho intramolecular Hbond substituents is 1. The highest BCUT2D eigenvalue weighted by Gasteiger charge is 2.48. The molecule has 8 nitrogen and oxygen atoms in total. The van der Waals surface area contributed by atoms with E-state index in [4.69, 9.17) is 14.6 Å². The summed E-state index contributed by atoms with van der Waals surface area (Å²) in [4.78, 5) is 11.1. The topological polar surface area (TPSA) is 137 Å². The molecule has 2 aromatic rings. The van der Waals surface area contributed by atoms with Crippen LogP contribution in [0.1, 0.15) is 0 Å². The number of carboxylic acid groups (broad SMARTS) is 1. The Hall–Kier alpha value is -1.43. The fourth-order valence-electron chi connectivity index (χ4n) is 2.63. The minimum atomic E-state index is -1.82. The molecule has 1 aliphatic rings. The van der Waals surface area contributed by atoms with Crippen LogP contribution in [0.15, 0.2) is 33.2 Å². The maximum atomic E-state index is 11.1. The summed E-state index contributed by atoms with van der Waals surface area (Å²) < 4.78 is 12.0. The Morgan fingerprint density at radius 1 is 0.962 bits per heavy atom. The van der Waals surface area contributed by atoms with Crippen molar-refractivity contribution in [1.29, 1.82) is 0 Å². The molecule has 2 aromatic carbocycles. The van der Waals surface area contributed by atoms with E-state index < -0.39 is 36.7 Å². The van der Waals surface area contributed by atoms with Crippen LogP contribution in [-0.2, 0) is 9.53 Å². The molecular formula is C16H14Br2O8. The van der Waals surface area contributed by atoms with Gasteiger partial charge in [-0.15, -0.1) is 0 Å². The quantitative estimate of drug-likeness (QED) is 0.432. The van der Waals surface area contributed by atoms with E-state index in [1.165, 1.54) is 12.1 Å². The average Bonchev–Trinajstić information content (AvgIpc) is 2.57.